The molecule has 0 spiro atoms. The molecule has 0 aliphatic heterocycles. The fraction of sp³-hybridized carbons (Fsp3) is 0.667. The van der Waals surface area contributed by atoms with Gasteiger partial charge in [0.05, 0.1) is 0 Å². The first-order valence-electron chi connectivity index (χ1n) is 3.45. The molecule has 10 heteroatoms. The van der Waals surface area contributed by atoms with Gasteiger partial charge in [-0.1, -0.05) is 0 Å². The van der Waals surface area contributed by atoms with Crippen molar-refractivity contribution in [3.63, 3.8) is 0 Å². The van der Waals surface area contributed by atoms with E-state index in [1.807, 2.05) is 0 Å². The summed E-state index contributed by atoms with van der Waals surface area (Å²) in [6, 6.07) is 0. The van der Waals surface area contributed by atoms with Gasteiger partial charge in [-0.15, -0.1) is 0 Å². The first-order chi connectivity index (χ1) is 6.86. The molecule has 0 heterocycles. The average Bonchev–Trinajstić information content (AvgIpc) is 2.00. The van der Waals surface area contributed by atoms with Crippen LogP contribution in [-0.4, -0.2) is 39.9 Å². The van der Waals surface area contributed by atoms with Crippen LogP contribution in [0.3, 0.4) is 0 Å². The van der Waals surface area contributed by atoms with Crippen LogP contribution < -0.4 is 0 Å². The van der Waals surface area contributed by atoms with E-state index in [2.05, 4.69) is 0 Å². The highest BCUT2D eigenvalue weighted by Crippen LogP contribution is 2.47. The van der Waals surface area contributed by atoms with Gasteiger partial charge in [0.2, 0.25) is 0 Å². The van der Waals surface area contributed by atoms with Gasteiger partial charge in [-0.2, -0.15) is 26.3 Å². The van der Waals surface area contributed by atoms with E-state index in [0.29, 0.717) is 0 Å². The normalized spacial score (nSPS) is 13.6. The standard InChI is InChI=1S/C6H4F6O4/c7-4(8,1-2(13)14)6(11,12)5(9,10)3(15)16/h1H2,(H,13,14)(H,15,16). The van der Waals surface area contributed by atoms with Gasteiger partial charge in [-0.05, 0) is 0 Å². The minimum Gasteiger partial charge on any atom is -0.481 e. The first-order valence-corrected chi connectivity index (χ1v) is 3.45. The minimum atomic E-state index is -6.30. The Morgan fingerprint density at radius 3 is 1.56 bits per heavy atom. The van der Waals surface area contributed by atoms with Gasteiger partial charge in [0, 0.05) is 0 Å². The molecule has 94 valence electrons. The van der Waals surface area contributed by atoms with Crippen LogP contribution in [0.15, 0.2) is 0 Å². The first kappa shape index (κ1) is 14.5. The van der Waals surface area contributed by atoms with Gasteiger partial charge >= 0.3 is 29.7 Å². The lowest BCUT2D eigenvalue weighted by Crippen LogP contribution is -2.58. The molecule has 0 amide bonds. The third-order valence-electron chi connectivity index (χ3n) is 1.50. The molecule has 0 aromatic heterocycles. The second-order valence-electron chi connectivity index (χ2n) is 2.73. The number of rotatable bonds is 5. The van der Waals surface area contributed by atoms with Gasteiger partial charge in [0.15, 0.2) is 0 Å². The summed E-state index contributed by atoms with van der Waals surface area (Å²) in [6.45, 7) is 0. The molecule has 2 N–H and O–H groups in total. The van der Waals surface area contributed by atoms with Crippen LogP contribution in [0.1, 0.15) is 6.42 Å². The van der Waals surface area contributed by atoms with E-state index in [1.54, 1.807) is 0 Å². The van der Waals surface area contributed by atoms with Crippen LogP contribution in [0.2, 0.25) is 0 Å². The Morgan fingerprint density at radius 1 is 0.938 bits per heavy atom. The van der Waals surface area contributed by atoms with E-state index >= 15 is 0 Å². The lowest BCUT2D eigenvalue weighted by molar-refractivity contribution is -0.303. The Labute approximate surface area is 83.5 Å². The second kappa shape index (κ2) is 3.83. The Hall–Kier alpha value is -1.48. The molecule has 16 heavy (non-hydrogen) atoms. The van der Waals surface area contributed by atoms with Crippen LogP contribution in [-0.2, 0) is 9.59 Å². The lowest BCUT2D eigenvalue weighted by Gasteiger charge is -2.29. The number of aliphatic carboxylic acids is 2. The molecule has 0 radical (unpaired) electrons. The fourth-order valence-electron chi connectivity index (χ4n) is 0.665. The number of halogens is 6. The molecular formula is C6H4F6O4. The molecule has 0 aliphatic rings. The summed E-state index contributed by atoms with van der Waals surface area (Å²) in [5.41, 5.74) is 0. The molecule has 0 atom stereocenters. The van der Waals surface area contributed by atoms with E-state index in [1.165, 1.54) is 0 Å². The molecule has 0 rings (SSSR count). The Kier molecular flexibility index (Phi) is 3.48. The third kappa shape index (κ3) is 2.19. The predicted octanol–water partition coefficient (Wildman–Crippen LogP) is 1.45. The van der Waals surface area contributed by atoms with Gasteiger partial charge < -0.3 is 10.2 Å². The molecule has 0 aliphatic carbocycles. The summed E-state index contributed by atoms with van der Waals surface area (Å²) in [5.74, 6) is -24.0. The molecule has 0 fully saturated rings. The molecule has 0 bridgehead atoms. The number of carboxylic acids is 2. The zero-order valence-corrected chi connectivity index (χ0v) is 7.19. The highest BCUT2D eigenvalue weighted by atomic mass is 19.3. The summed E-state index contributed by atoms with van der Waals surface area (Å²) in [5, 5.41) is 15.5. The highest BCUT2D eigenvalue weighted by Gasteiger charge is 2.75. The average molecular weight is 254 g/mol. The maximum Gasteiger partial charge on any atom is 0.410 e. The maximum absolute atomic E-state index is 12.4. The van der Waals surface area contributed by atoms with Crippen molar-refractivity contribution in [3.8, 4) is 0 Å². The maximum atomic E-state index is 12.4. The molecule has 0 aromatic carbocycles. The zero-order valence-electron chi connectivity index (χ0n) is 7.19. The van der Waals surface area contributed by atoms with E-state index < -0.39 is 36.1 Å². The quantitative estimate of drug-likeness (QED) is 0.728. The van der Waals surface area contributed by atoms with Gasteiger partial charge in [0.25, 0.3) is 0 Å². The zero-order chi connectivity index (χ0) is 13.4. The van der Waals surface area contributed by atoms with Crippen LogP contribution in [0.4, 0.5) is 26.3 Å². The van der Waals surface area contributed by atoms with E-state index in [4.69, 9.17) is 10.2 Å². The number of carbonyl (C=O) groups is 2. The Balaban J connectivity index is 5.33. The van der Waals surface area contributed by atoms with Crippen molar-refractivity contribution < 1.29 is 46.1 Å². The van der Waals surface area contributed by atoms with Crippen LogP contribution >= 0.6 is 0 Å². The molecule has 0 unspecified atom stereocenters. The van der Waals surface area contributed by atoms with Gasteiger partial charge in [-0.25, -0.2) is 4.79 Å². The van der Waals surface area contributed by atoms with Crippen molar-refractivity contribution in [2.75, 3.05) is 0 Å². The number of carboxylic acid groups (broad SMARTS) is 2. The number of alkyl halides is 6. The monoisotopic (exact) mass is 254 g/mol. The molecule has 0 aromatic rings. The van der Waals surface area contributed by atoms with Crippen molar-refractivity contribution in [1.82, 2.24) is 0 Å². The van der Waals surface area contributed by atoms with E-state index in [0.717, 1.165) is 0 Å². The molecular weight excluding hydrogens is 250 g/mol. The van der Waals surface area contributed by atoms with Crippen molar-refractivity contribution in [2.24, 2.45) is 0 Å². The summed E-state index contributed by atoms with van der Waals surface area (Å²) in [4.78, 5) is 19.4. The summed E-state index contributed by atoms with van der Waals surface area (Å²) in [6.07, 6.45) is -2.61. The van der Waals surface area contributed by atoms with E-state index in [-0.39, 0.29) is 0 Å². The second-order valence-corrected chi connectivity index (χ2v) is 2.73. The highest BCUT2D eigenvalue weighted by molar-refractivity contribution is 5.77. The third-order valence-corrected chi connectivity index (χ3v) is 1.50. The summed E-state index contributed by atoms with van der Waals surface area (Å²) < 4.78 is 74.3. The van der Waals surface area contributed by atoms with Crippen LogP contribution in [0, 0.1) is 0 Å². The molecule has 0 saturated carbocycles. The van der Waals surface area contributed by atoms with Crippen molar-refractivity contribution >= 4 is 11.9 Å². The SMILES string of the molecule is O=C(O)CC(F)(F)C(F)(F)C(F)(F)C(=O)O. The largest absolute Gasteiger partial charge is 0.481 e. The Morgan fingerprint density at radius 2 is 1.31 bits per heavy atom. The van der Waals surface area contributed by atoms with Crippen LogP contribution in [0.25, 0.3) is 0 Å². The summed E-state index contributed by atoms with van der Waals surface area (Å²) >= 11 is 0. The van der Waals surface area contributed by atoms with E-state index in [9.17, 15) is 35.9 Å². The van der Waals surface area contributed by atoms with Gasteiger partial charge in [0.1, 0.15) is 6.42 Å². The topological polar surface area (TPSA) is 74.6 Å². The Bertz CT molecular complexity index is 312. The lowest BCUT2D eigenvalue weighted by atomic mass is 10.0. The number of hydrogen-bond acceptors (Lipinski definition) is 2. The summed E-state index contributed by atoms with van der Waals surface area (Å²) in [7, 11) is 0. The van der Waals surface area contributed by atoms with Gasteiger partial charge in [-0.3, -0.25) is 4.79 Å². The number of hydrogen-bond donors (Lipinski definition) is 2. The van der Waals surface area contributed by atoms with Crippen molar-refractivity contribution in [3.05, 3.63) is 0 Å². The molecule has 4 nitrogen and oxygen atoms in total. The fourth-order valence-corrected chi connectivity index (χ4v) is 0.665. The minimum absolute atomic E-state index is 2.47. The predicted molar refractivity (Wildman–Crippen MR) is 34.7 cm³/mol. The van der Waals surface area contributed by atoms with Crippen LogP contribution in [0.5, 0.6) is 0 Å². The van der Waals surface area contributed by atoms with Crippen molar-refractivity contribution in [2.45, 2.75) is 24.2 Å². The van der Waals surface area contributed by atoms with Crippen molar-refractivity contribution in [1.29, 1.82) is 0 Å². The molecule has 0 saturated heterocycles. The smallest absolute Gasteiger partial charge is 0.410 e.